The Labute approximate surface area is 206 Å². The number of nitrogens with one attached hydrogen (secondary N) is 1. The van der Waals surface area contributed by atoms with E-state index < -0.39 is 22.5 Å². The van der Waals surface area contributed by atoms with Gasteiger partial charge in [-0.2, -0.15) is 5.10 Å². The van der Waals surface area contributed by atoms with Gasteiger partial charge in [0.2, 0.25) is 5.91 Å². The molecule has 2 aromatic carbocycles. The fourth-order valence-corrected chi connectivity index (χ4v) is 6.53. The van der Waals surface area contributed by atoms with Crippen molar-refractivity contribution in [3.05, 3.63) is 58.9 Å². The molecule has 0 aliphatic rings. The fraction of sp³-hybridized carbons (Fsp3) is 0.227. The second-order valence-electron chi connectivity index (χ2n) is 7.51. The number of methoxy groups -OCH3 is 1. The number of amides is 1. The number of carbonyl (C=O) groups excluding carboxylic acids is 1. The quantitative estimate of drug-likeness (QED) is 0.393. The molecular weight excluding hydrogens is 498 g/mol. The van der Waals surface area contributed by atoms with E-state index in [1.54, 1.807) is 63.4 Å². The molecule has 0 spiro atoms. The maximum atomic E-state index is 13.7. The van der Waals surface area contributed by atoms with Crippen molar-refractivity contribution in [1.29, 1.82) is 0 Å². The van der Waals surface area contributed by atoms with Crippen LogP contribution in [0.5, 0.6) is 5.75 Å². The first kappa shape index (κ1) is 24.0. The van der Waals surface area contributed by atoms with Crippen LogP contribution < -0.4 is 14.4 Å². The van der Waals surface area contributed by atoms with E-state index >= 15 is 0 Å². The topological polar surface area (TPSA) is 106 Å². The summed E-state index contributed by atoms with van der Waals surface area (Å²) in [5.41, 5.74) is 1.82. The van der Waals surface area contributed by atoms with Gasteiger partial charge in [0.05, 0.1) is 34.4 Å². The van der Waals surface area contributed by atoms with E-state index in [4.69, 9.17) is 16.3 Å². The minimum absolute atomic E-state index is 0.0632. The van der Waals surface area contributed by atoms with E-state index in [0.717, 1.165) is 9.01 Å². The smallest absolute Gasteiger partial charge is 0.268 e. The maximum Gasteiger partial charge on any atom is 0.268 e. The van der Waals surface area contributed by atoms with Crippen molar-refractivity contribution in [3.63, 3.8) is 0 Å². The number of rotatable bonds is 7. The maximum absolute atomic E-state index is 13.7. The summed E-state index contributed by atoms with van der Waals surface area (Å²) in [7, 11) is -0.928. The lowest BCUT2D eigenvalue weighted by atomic mass is 10.3. The van der Waals surface area contributed by atoms with E-state index in [-0.39, 0.29) is 4.90 Å². The molecule has 4 aromatic rings. The summed E-state index contributed by atoms with van der Waals surface area (Å²) < 4.78 is 36.0. The lowest BCUT2D eigenvalue weighted by molar-refractivity contribution is -0.114. The summed E-state index contributed by atoms with van der Waals surface area (Å²) in [6, 6.07) is 11.7. The molecule has 1 N–H and O–H groups in total. The van der Waals surface area contributed by atoms with Crippen molar-refractivity contribution in [2.75, 3.05) is 23.3 Å². The molecule has 0 aliphatic heterocycles. The Balaban J connectivity index is 1.69. The van der Waals surface area contributed by atoms with Crippen LogP contribution in [0.25, 0.3) is 10.2 Å². The zero-order chi connectivity index (χ0) is 24.6. The number of aromatic nitrogens is 3. The highest BCUT2D eigenvalue weighted by Gasteiger charge is 2.32. The van der Waals surface area contributed by atoms with E-state index in [1.807, 2.05) is 0 Å². The zero-order valence-electron chi connectivity index (χ0n) is 18.9. The fourth-order valence-electron chi connectivity index (χ4n) is 3.54. The molecule has 0 fully saturated rings. The number of nitrogens with zero attached hydrogens (tertiary/aromatic N) is 4. The number of fused-ring (bicyclic) bond motifs is 1. The molecule has 34 heavy (non-hydrogen) atoms. The number of ether oxygens (including phenoxy) is 1. The number of benzene rings is 2. The summed E-state index contributed by atoms with van der Waals surface area (Å²) in [6.45, 7) is 2.84. The molecule has 2 aromatic heterocycles. The third kappa shape index (κ3) is 4.59. The summed E-state index contributed by atoms with van der Waals surface area (Å²) >= 11 is 7.28. The Morgan fingerprint density at radius 2 is 1.91 bits per heavy atom. The summed E-state index contributed by atoms with van der Waals surface area (Å²) in [4.78, 5) is 17.4. The highest BCUT2D eigenvalue weighted by atomic mass is 35.5. The van der Waals surface area contributed by atoms with Crippen LogP contribution in [0.2, 0.25) is 5.02 Å². The van der Waals surface area contributed by atoms with Crippen molar-refractivity contribution >= 4 is 59.9 Å². The molecule has 0 aliphatic carbocycles. The molecule has 178 valence electrons. The van der Waals surface area contributed by atoms with Gasteiger partial charge in [-0.3, -0.25) is 13.8 Å². The Bertz CT molecular complexity index is 1480. The lowest BCUT2D eigenvalue weighted by Gasteiger charge is -2.24. The molecule has 1 amide bonds. The van der Waals surface area contributed by atoms with Gasteiger partial charge in [-0.25, -0.2) is 13.4 Å². The summed E-state index contributed by atoms with van der Waals surface area (Å²) in [6.07, 6.45) is 0. The SMILES string of the molecule is COc1ccc(N(CC(=O)Nc2nc3ccc(Cl)cc3s2)S(=O)(=O)c2c(C)nn(C)c2C)cc1. The molecule has 4 rings (SSSR count). The van der Waals surface area contributed by atoms with E-state index in [0.29, 0.717) is 38.5 Å². The average Bonchev–Trinajstić information content (AvgIpc) is 3.30. The third-order valence-corrected chi connectivity index (χ3v) is 8.43. The third-order valence-electron chi connectivity index (χ3n) is 5.24. The summed E-state index contributed by atoms with van der Waals surface area (Å²) in [5.74, 6) is 0.0242. The first-order valence-electron chi connectivity index (χ1n) is 10.1. The van der Waals surface area contributed by atoms with Gasteiger partial charge >= 0.3 is 0 Å². The van der Waals surface area contributed by atoms with Crippen LogP contribution in [-0.2, 0) is 21.9 Å². The molecule has 0 bridgehead atoms. The van der Waals surface area contributed by atoms with E-state index in [1.165, 1.54) is 23.1 Å². The van der Waals surface area contributed by atoms with Crippen LogP contribution in [0.4, 0.5) is 10.8 Å². The van der Waals surface area contributed by atoms with Crippen molar-refractivity contribution < 1.29 is 17.9 Å². The van der Waals surface area contributed by atoms with Gasteiger partial charge in [-0.05, 0) is 56.3 Å². The minimum Gasteiger partial charge on any atom is -0.497 e. The summed E-state index contributed by atoms with van der Waals surface area (Å²) in [5, 5.41) is 7.85. The number of thiazole rings is 1. The van der Waals surface area contributed by atoms with Gasteiger partial charge in [0.1, 0.15) is 17.2 Å². The first-order chi connectivity index (χ1) is 16.1. The van der Waals surface area contributed by atoms with Gasteiger partial charge in [0, 0.05) is 12.1 Å². The first-order valence-corrected chi connectivity index (χ1v) is 12.8. The lowest BCUT2D eigenvalue weighted by Crippen LogP contribution is -2.38. The van der Waals surface area contributed by atoms with Crippen LogP contribution >= 0.6 is 22.9 Å². The standard InChI is InChI=1S/C22H22ClN5O4S2/c1-13-21(14(2)27(3)26-13)34(30,31)28(16-6-8-17(32-4)9-7-16)12-20(29)25-22-24-18-10-5-15(23)11-19(18)33-22/h5-11H,12H2,1-4H3,(H,24,25,29). The van der Waals surface area contributed by atoms with Crippen molar-refractivity contribution in [2.24, 2.45) is 7.05 Å². The van der Waals surface area contributed by atoms with Gasteiger partial charge in [0.25, 0.3) is 10.0 Å². The molecule has 0 radical (unpaired) electrons. The van der Waals surface area contributed by atoms with Crippen molar-refractivity contribution in [1.82, 2.24) is 14.8 Å². The van der Waals surface area contributed by atoms with Crippen LogP contribution in [0.3, 0.4) is 0 Å². The number of carbonyl (C=O) groups is 1. The highest BCUT2D eigenvalue weighted by molar-refractivity contribution is 7.93. The van der Waals surface area contributed by atoms with Crippen molar-refractivity contribution in [3.8, 4) is 5.75 Å². The number of halogens is 1. The molecule has 9 nitrogen and oxygen atoms in total. The normalized spacial score (nSPS) is 11.6. The number of hydrogen-bond donors (Lipinski definition) is 1. The van der Waals surface area contributed by atoms with Gasteiger partial charge < -0.3 is 10.1 Å². The predicted molar refractivity (Wildman–Crippen MR) is 133 cm³/mol. The van der Waals surface area contributed by atoms with Crippen molar-refractivity contribution in [2.45, 2.75) is 18.7 Å². The minimum atomic E-state index is -4.12. The predicted octanol–water partition coefficient (Wildman–Crippen LogP) is 4.14. The van der Waals surface area contributed by atoms with E-state index in [9.17, 15) is 13.2 Å². The second-order valence-corrected chi connectivity index (χ2v) is 10.8. The van der Waals surface area contributed by atoms with Gasteiger partial charge in [0.15, 0.2) is 5.13 Å². The Morgan fingerprint density at radius 3 is 2.53 bits per heavy atom. The number of aryl methyl sites for hydroxylation is 2. The Morgan fingerprint density at radius 1 is 1.21 bits per heavy atom. The van der Waals surface area contributed by atoms with E-state index in [2.05, 4.69) is 15.4 Å². The molecule has 0 saturated carbocycles. The molecule has 0 saturated heterocycles. The molecule has 12 heteroatoms. The molecule has 0 atom stereocenters. The monoisotopic (exact) mass is 519 g/mol. The number of sulfonamides is 1. The van der Waals surface area contributed by atoms with Crippen LogP contribution in [0, 0.1) is 13.8 Å². The Hall–Kier alpha value is -3.15. The largest absolute Gasteiger partial charge is 0.497 e. The molecule has 0 unspecified atom stereocenters. The molecule has 2 heterocycles. The zero-order valence-corrected chi connectivity index (χ0v) is 21.3. The number of anilines is 2. The van der Waals surface area contributed by atoms with Gasteiger partial charge in [-0.15, -0.1) is 0 Å². The molecular formula is C22H22ClN5O4S2. The highest BCUT2D eigenvalue weighted by Crippen LogP contribution is 2.30. The van der Waals surface area contributed by atoms with Crippen LogP contribution in [0.15, 0.2) is 47.4 Å². The second kappa shape index (κ2) is 9.24. The van der Waals surface area contributed by atoms with Gasteiger partial charge in [-0.1, -0.05) is 22.9 Å². The number of hydrogen-bond acceptors (Lipinski definition) is 7. The van der Waals surface area contributed by atoms with Crippen LogP contribution in [0.1, 0.15) is 11.4 Å². The van der Waals surface area contributed by atoms with Crippen LogP contribution in [-0.4, -0.2) is 42.7 Å². The average molecular weight is 520 g/mol. The Kier molecular flexibility index (Phi) is 6.52.